The van der Waals surface area contributed by atoms with Crippen LogP contribution in [0.5, 0.6) is 0 Å². The number of piperidine rings is 1. The zero-order chi connectivity index (χ0) is 23.2. The van der Waals surface area contributed by atoms with E-state index < -0.39 is 0 Å². The van der Waals surface area contributed by atoms with Gasteiger partial charge in [-0.05, 0) is 56.0 Å². The molecule has 2 aromatic heterocycles. The monoisotopic (exact) mass is 476 g/mol. The molecule has 1 aliphatic heterocycles. The molecule has 2 fully saturated rings. The van der Waals surface area contributed by atoms with Crippen LogP contribution in [0.4, 0.5) is 0 Å². The van der Waals surface area contributed by atoms with Crippen molar-refractivity contribution in [2.24, 2.45) is 0 Å². The summed E-state index contributed by atoms with van der Waals surface area (Å²) in [4.78, 5) is 37.3. The lowest BCUT2D eigenvalue weighted by atomic mass is 9.96. The van der Waals surface area contributed by atoms with Gasteiger partial charge in [0, 0.05) is 42.9 Å². The van der Waals surface area contributed by atoms with Gasteiger partial charge in [0.25, 0.3) is 5.56 Å². The van der Waals surface area contributed by atoms with E-state index in [2.05, 4.69) is 4.98 Å². The first kappa shape index (κ1) is 21.4. The van der Waals surface area contributed by atoms with E-state index in [0.717, 1.165) is 48.5 Å². The van der Waals surface area contributed by atoms with Gasteiger partial charge in [-0.3, -0.25) is 14.2 Å². The second-order valence-electron chi connectivity index (χ2n) is 9.27. The Kier molecular flexibility index (Phi) is 5.37. The number of aryl methyl sites for hydroxylation is 1. The minimum Gasteiger partial charge on any atom is -0.440 e. The average Bonchev–Trinajstić information content (AvgIpc) is 3.60. The second kappa shape index (κ2) is 8.55. The maximum Gasteiger partial charge on any atom is 0.261 e. The molecule has 1 saturated heterocycles. The topological polar surface area (TPSA) is 81.2 Å². The van der Waals surface area contributed by atoms with Crippen molar-refractivity contribution < 1.29 is 9.21 Å². The molecule has 0 spiro atoms. The molecule has 0 N–H and O–H groups in total. The quantitative estimate of drug-likeness (QED) is 0.410. The summed E-state index contributed by atoms with van der Waals surface area (Å²) in [5, 5.41) is 1.29. The first-order valence-electron chi connectivity index (χ1n) is 11.9. The molecule has 1 aliphatic carbocycles. The number of oxazole rings is 1. The third-order valence-electron chi connectivity index (χ3n) is 6.92. The molecule has 2 aromatic carbocycles. The van der Waals surface area contributed by atoms with E-state index in [-0.39, 0.29) is 23.4 Å². The van der Waals surface area contributed by atoms with Crippen LogP contribution in [0.25, 0.3) is 22.0 Å². The van der Waals surface area contributed by atoms with Crippen LogP contribution in [0.3, 0.4) is 0 Å². The van der Waals surface area contributed by atoms with Crippen molar-refractivity contribution >= 4 is 39.5 Å². The summed E-state index contributed by atoms with van der Waals surface area (Å²) in [7, 11) is 0. The number of carbonyl (C=O) groups is 1. The minimum absolute atomic E-state index is 0.0102. The number of rotatable bonds is 5. The lowest BCUT2D eigenvalue weighted by Crippen LogP contribution is -2.38. The van der Waals surface area contributed by atoms with Gasteiger partial charge in [-0.15, -0.1) is 0 Å². The Morgan fingerprint density at radius 1 is 1.03 bits per heavy atom. The SMILES string of the molecule is O=C(CCc1nc2ccccc2c(=O)n1C1CC1)N1CCC(c2nc3cc(Cl)ccc3o2)CC1. The second-order valence-corrected chi connectivity index (χ2v) is 9.71. The van der Waals surface area contributed by atoms with Gasteiger partial charge < -0.3 is 9.32 Å². The predicted molar refractivity (Wildman–Crippen MR) is 130 cm³/mol. The van der Waals surface area contributed by atoms with Gasteiger partial charge in [0.1, 0.15) is 11.3 Å². The van der Waals surface area contributed by atoms with Gasteiger partial charge in [-0.1, -0.05) is 23.7 Å². The summed E-state index contributed by atoms with van der Waals surface area (Å²) >= 11 is 6.06. The van der Waals surface area contributed by atoms with E-state index in [0.29, 0.717) is 41.9 Å². The number of likely N-dealkylation sites (tertiary alicyclic amines) is 1. The Morgan fingerprint density at radius 2 is 1.82 bits per heavy atom. The number of hydrogen-bond donors (Lipinski definition) is 0. The summed E-state index contributed by atoms with van der Waals surface area (Å²) in [6.45, 7) is 1.34. The Balaban J connectivity index is 1.12. The molecule has 7 nitrogen and oxygen atoms in total. The molecule has 0 atom stereocenters. The third kappa shape index (κ3) is 3.98. The first-order chi connectivity index (χ1) is 16.6. The van der Waals surface area contributed by atoms with E-state index in [9.17, 15) is 9.59 Å². The molecule has 34 heavy (non-hydrogen) atoms. The van der Waals surface area contributed by atoms with Crippen LogP contribution in [0, 0.1) is 0 Å². The van der Waals surface area contributed by atoms with Crippen molar-refractivity contribution in [3.05, 3.63) is 69.6 Å². The summed E-state index contributed by atoms with van der Waals surface area (Å²) < 4.78 is 7.76. The molecule has 8 heteroatoms. The molecular weight excluding hydrogens is 452 g/mol. The Bertz CT molecular complexity index is 1450. The lowest BCUT2D eigenvalue weighted by molar-refractivity contribution is -0.132. The zero-order valence-electron chi connectivity index (χ0n) is 18.7. The van der Waals surface area contributed by atoms with E-state index in [1.807, 2.05) is 45.9 Å². The van der Waals surface area contributed by atoms with Crippen molar-refractivity contribution in [2.45, 2.75) is 50.5 Å². The van der Waals surface area contributed by atoms with Gasteiger partial charge in [-0.25, -0.2) is 9.97 Å². The third-order valence-corrected chi connectivity index (χ3v) is 7.15. The molecule has 3 heterocycles. The van der Waals surface area contributed by atoms with Crippen LogP contribution in [0.2, 0.25) is 5.02 Å². The number of benzene rings is 2. The molecule has 0 unspecified atom stereocenters. The van der Waals surface area contributed by atoms with Gasteiger partial charge in [-0.2, -0.15) is 0 Å². The van der Waals surface area contributed by atoms with Gasteiger partial charge in [0.2, 0.25) is 5.91 Å². The van der Waals surface area contributed by atoms with Crippen LogP contribution in [-0.4, -0.2) is 38.4 Å². The van der Waals surface area contributed by atoms with Gasteiger partial charge >= 0.3 is 0 Å². The largest absolute Gasteiger partial charge is 0.440 e. The number of para-hydroxylation sites is 1. The van der Waals surface area contributed by atoms with Gasteiger partial charge in [0.05, 0.1) is 10.9 Å². The standard InChI is InChI=1S/C26H25ClN4O3/c27-17-5-8-22-21(15-17)29-25(34-22)16-11-13-30(14-12-16)24(32)10-9-23-28-20-4-2-1-3-19(20)26(33)31(23)18-6-7-18/h1-5,8,15-16,18H,6-7,9-14H2. The fourth-order valence-electron chi connectivity index (χ4n) is 4.92. The molecular formula is C26H25ClN4O3. The highest BCUT2D eigenvalue weighted by Crippen LogP contribution is 2.35. The maximum absolute atomic E-state index is 13.0. The predicted octanol–water partition coefficient (Wildman–Crippen LogP) is 4.86. The normalized spacial score (nSPS) is 17.0. The van der Waals surface area contributed by atoms with Crippen LogP contribution < -0.4 is 5.56 Å². The average molecular weight is 477 g/mol. The first-order valence-corrected chi connectivity index (χ1v) is 12.3. The molecule has 0 bridgehead atoms. The van der Waals surface area contributed by atoms with Crippen molar-refractivity contribution in [2.75, 3.05) is 13.1 Å². The molecule has 174 valence electrons. The van der Waals surface area contributed by atoms with Crippen LogP contribution >= 0.6 is 11.6 Å². The number of aromatic nitrogens is 3. The Labute approximate surface area is 201 Å². The molecule has 0 radical (unpaired) electrons. The van der Waals surface area contributed by atoms with E-state index in [1.54, 1.807) is 6.07 Å². The van der Waals surface area contributed by atoms with E-state index in [4.69, 9.17) is 21.0 Å². The molecule has 1 saturated carbocycles. The lowest BCUT2D eigenvalue weighted by Gasteiger charge is -2.30. The van der Waals surface area contributed by atoms with Crippen LogP contribution in [-0.2, 0) is 11.2 Å². The number of carbonyl (C=O) groups excluding carboxylic acids is 1. The van der Waals surface area contributed by atoms with Gasteiger partial charge in [0.15, 0.2) is 11.5 Å². The zero-order valence-corrected chi connectivity index (χ0v) is 19.5. The van der Waals surface area contributed by atoms with E-state index in [1.165, 1.54) is 0 Å². The highest BCUT2D eigenvalue weighted by molar-refractivity contribution is 6.31. The van der Waals surface area contributed by atoms with Crippen molar-refractivity contribution in [1.29, 1.82) is 0 Å². The highest BCUT2D eigenvalue weighted by atomic mass is 35.5. The minimum atomic E-state index is 0.0102. The fourth-order valence-corrected chi connectivity index (χ4v) is 5.09. The Hall–Kier alpha value is -3.19. The molecule has 1 amide bonds. The van der Waals surface area contributed by atoms with Crippen LogP contribution in [0.15, 0.2) is 51.7 Å². The maximum atomic E-state index is 13.0. The summed E-state index contributed by atoms with van der Waals surface area (Å²) in [6.07, 6.45) is 4.44. The van der Waals surface area contributed by atoms with E-state index >= 15 is 0 Å². The molecule has 6 rings (SSSR count). The molecule has 2 aliphatic rings. The highest BCUT2D eigenvalue weighted by Gasteiger charge is 2.30. The van der Waals surface area contributed by atoms with Crippen molar-refractivity contribution in [3.63, 3.8) is 0 Å². The number of halogens is 1. The summed E-state index contributed by atoms with van der Waals surface area (Å²) in [5.74, 6) is 1.74. The fraction of sp³-hybridized carbons (Fsp3) is 0.385. The summed E-state index contributed by atoms with van der Waals surface area (Å²) in [6, 6.07) is 13.1. The van der Waals surface area contributed by atoms with Crippen LogP contribution in [0.1, 0.15) is 55.8 Å². The van der Waals surface area contributed by atoms with Crippen molar-refractivity contribution in [3.8, 4) is 0 Å². The van der Waals surface area contributed by atoms with Crippen molar-refractivity contribution in [1.82, 2.24) is 19.4 Å². The molecule has 4 aromatic rings. The number of fused-ring (bicyclic) bond motifs is 2. The Morgan fingerprint density at radius 3 is 2.62 bits per heavy atom. The number of nitrogens with zero attached hydrogens (tertiary/aromatic N) is 4. The number of hydrogen-bond acceptors (Lipinski definition) is 5. The number of amides is 1. The summed E-state index contributed by atoms with van der Waals surface area (Å²) in [5.41, 5.74) is 2.22. The smallest absolute Gasteiger partial charge is 0.261 e.